The second-order valence-corrected chi connectivity index (χ2v) is 3.03. The van der Waals surface area contributed by atoms with Crippen LogP contribution in [0, 0.1) is 5.82 Å². The standard InChI is InChI=1S/C11H11FO3/c1-15-11(14)10(5-6-13)8-3-2-4-9(12)7-8/h2-4,6-7,10H,5H2,1H3. The zero-order valence-corrected chi connectivity index (χ0v) is 8.27. The summed E-state index contributed by atoms with van der Waals surface area (Å²) in [6.45, 7) is 0. The quantitative estimate of drug-likeness (QED) is 0.560. The molecule has 1 aromatic rings. The molecule has 80 valence electrons. The van der Waals surface area contributed by atoms with Crippen LogP contribution >= 0.6 is 0 Å². The summed E-state index contributed by atoms with van der Waals surface area (Å²) in [5.74, 6) is -1.69. The summed E-state index contributed by atoms with van der Waals surface area (Å²) < 4.78 is 17.4. The molecule has 1 rings (SSSR count). The average Bonchev–Trinajstić information content (AvgIpc) is 2.25. The number of hydrogen-bond donors (Lipinski definition) is 0. The molecular formula is C11H11FO3. The molecule has 0 aliphatic heterocycles. The summed E-state index contributed by atoms with van der Waals surface area (Å²) in [5.41, 5.74) is 0.453. The van der Waals surface area contributed by atoms with Crippen molar-refractivity contribution in [2.24, 2.45) is 0 Å². The van der Waals surface area contributed by atoms with Crippen molar-refractivity contribution < 1.29 is 18.7 Å². The van der Waals surface area contributed by atoms with E-state index in [2.05, 4.69) is 4.74 Å². The van der Waals surface area contributed by atoms with Crippen molar-refractivity contribution in [1.29, 1.82) is 0 Å². The topological polar surface area (TPSA) is 43.4 Å². The smallest absolute Gasteiger partial charge is 0.313 e. The first-order valence-corrected chi connectivity index (χ1v) is 4.46. The van der Waals surface area contributed by atoms with Crippen LogP contribution in [0.15, 0.2) is 24.3 Å². The average molecular weight is 210 g/mol. The number of aldehydes is 1. The molecule has 0 saturated heterocycles. The minimum Gasteiger partial charge on any atom is -0.469 e. The molecule has 15 heavy (non-hydrogen) atoms. The largest absolute Gasteiger partial charge is 0.469 e. The van der Waals surface area contributed by atoms with Gasteiger partial charge in [0.2, 0.25) is 0 Å². The maximum absolute atomic E-state index is 12.9. The number of esters is 1. The van der Waals surface area contributed by atoms with Gasteiger partial charge in [0.1, 0.15) is 12.1 Å². The van der Waals surface area contributed by atoms with Gasteiger partial charge in [-0.3, -0.25) is 4.79 Å². The Labute approximate surface area is 86.9 Å². The van der Waals surface area contributed by atoms with Crippen LogP contribution in [0.2, 0.25) is 0 Å². The van der Waals surface area contributed by atoms with Gasteiger partial charge >= 0.3 is 5.97 Å². The van der Waals surface area contributed by atoms with Crippen molar-refractivity contribution in [3.63, 3.8) is 0 Å². The molecule has 0 aliphatic rings. The van der Waals surface area contributed by atoms with Gasteiger partial charge in [0, 0.05) is 6.42 Å². The SMILES string of the molecule is COC(=O)C(CC=O)c1cccc(F)c1. The lowest BCUT2D eigenvalue weighted by molar-refractivity contribution is -0.143. The molecule has 0 aliphatic carbocycles. The van der Waals surface area contributed by atoms with E-state index in [0.717, 1.165) is 0 Å². The Bertz CT molecular complexity index is 363. The molecule has 1 aromatic carbocycles. The molecule has 4 heteroatoms. The van der Waals surface area contributed by atoms with E-state index in [-0.39, 0.29) is 6.42 Å². The molecule has 0 N–H and O–H groups in total. The van der Waals surface area contributed by atoms with Crippen LogP contribution in [-0.4, -0.2) is 19.4 Å². The Hall–Kier alpha value is -1.71. The maximum atomic E-state index is 12.9. The molecule has 0 spiro atoms. The molecule has 0 heterocycles. The zero-order chi connectivity index (χ0) is 11.3. The number of hydrogen-bond acceptors (Lipinski definition) is 3. The minimum absolute atomic E-state index is 0.00384. The normalized spacial score (nSPS) is 11.9. The Balaban J connectivity index is 2.98. The van der Waals surface area contributed by atoms with E-state index < -0.39 is 17.7 Å². The van der Waals surface area contributed by atoms with E-state index in [1.54, 1.807) is 6.07 Å². The zero-order valence-electron chi connectivity index (χ0n) is 8.27. The van der Waals surface area contributed by atoms with Crippen molar-refractivity contribution in [3.05, 3.63) is 35.6 Å². The van der Waals surface area contributed by atoms with Gasteiger partial charge in [-0.2, -0.15) is 0 Å². The van der Waals surface area contributed by atoms with Gasteiger partial charge in [-0.15, -0.1) is 0 Å². The Kier molecular flexibility index (Phi) is 3.97. The number of methoxy groups -OCH3 is 1. The minimum atomic E-state index is -0.719. The summed E-state index contributed by atoms with van der Waals surface area (Å²) >= 11 is 0. The molecule has 0 radical (unpaired) electrons. The summed E-state index contributed by atoms with van der Waals surface area (Å²) in [6, 6.07) is 5.59. The number of halogens is 1. The Morgan fingerprint density at radius 2 is 2.33 bits per heavy atom. The molecule has 1 atom stereocenters. The molecule has 0 bridgehead atoms. The summed E-state index contributed by atoms with van der Waals surface area (Å²) in [6.07, 6.45) is 0.614. The van der Waals surface area contributed by atoms with Crippen LogP contribution in [0.25, 0.3) is 0 Å². The monoisotopic (exact) mass is 210 g/mol. The number of benzene rings is 1. The fourth-order valence-corrected chi connectivity index (χ4v) is 1.33. The van der Waals surface area contributed by atoms with Crippen LogP contribution in [0.1, 0.15) is 17.9 Å². The second kappa shape index (κ2) is 5.24. The van der Waals surface area contributed by atoms with Gasteiger partial charge < -0.3 is 9.53 Å². The van der Waals surface area contributed by atoms with Crippen molar-refractivity contribution in [2.45, 2.75) is 12.3 Å². The first kappa shape index (κ1) is 11.4. The highest BCUT2D eigenvalue weighted by Gasteiger charge is 2.21. The number of carbonyl (C=O) groups excluding carboxylic acids is 2. The fraction of sp³-hybridized carbons (Fsp3) is 0.273. The van der Waals surface area contributed by atoms with Crippen molar-refractivity contribution in [1.82, 2.24) is 0 Å². The highest BCUT2D eigenvalue weighted by Crippen LogP contribution is 2.20. The number of ether oxygens (including phenoxy) is 1. The van der Waals surface area contributed by atoms with Crippen molar-refractivity contribution in [3.8, 4) is 0 Å². The molecule has 1 unspecified atom stereocenters. The molecule has 3 nitrogen and oxygen atoms in total. The highest BCUT2D eigenvalue weighted by molar-refractivity contribution is 5.80. The lowest BCUT2D eigenvalue weighted by atomic mass is 9.96. The van der Waals surface area contributed by atoms with E-state index in [1.807, 2.05) is 0 Å². The third-order valence-corrected chi connectivity index (χ3v) is 2.07. The van der Waals surface area contributed by atoms with Gasteiger partial charge in [-0.25, -0.2) is 4.39 Å². The summed E-state index contributed by atoms with van der Waals surface area (Å²) in [4.78, 5) is 21.7. The fourth-order valence-electron chi connectivity index (χ4n) is 1.33. The Morgan fingerprint density at radius 3 is 2.87 bits per heavy atom. The second-order valence-electron chi connectivity index (χ2n) is 3.03. The third kappa shape index (κ3) is 2.87. The van der Waals surface area contributed by atoms with Gasteiger partial charge in [-0.1, -0.05) is 12.1 Å². The summed E-state index contributed by atoms with van der Waals surface area (Å²) in [7, 11) is 1.24. The van der Waals surface area contributed by atoms with E-state index >= 15 is 0 Å². The Morgan fingerprint density at radius 1 is 1.60 bits per heavy atom. The van der Waals surface area contributed by atoms with E-state index in [0.29, 0.717) is 11.8 Å². The molecule has 0 saturated carbocycles. The summed E-state index contributed by atoms with van der Waals surface area (Å²) in [5, 5.41) is 0. The highest BCUT2D eigenvalue weighted by atomic mass is 19.1. The molecule has 0 amide bonds. The lowest BCUT2D eigenvalue weighted by Gasteiger charge is -2.11. The van der Waals surface area contributed by atoms with Gasteiger partial charge in [0.15, 0.2) is 0 Å². The first-order valence-electron chi connectivity index (χ1n) is 4.46. The predicted molar refractivity (Wildman–Crippen MR) is 51.8 cm³/mol. The van der Waals surface area contributed by atoms with Crippen molar-refractivity contribution >= 4 is 12.3 Å². The number of rotatable bonds is 4. The molecule has 0 aromatic heterocycles. The van der Waals surface area contributed by atoms with Gasteiger partial charge in [0.25, 0.3) is 0 Å². The van der Waals surface area contributed by atoms with Crippen LogP contribution in [0.5, 0.6) is 0 Å². The first-order chi connectivity index (χ1) is 7.19. The van der Waals surface area contributed by atoms with E-state index in [4.69, 9.17) is 0 Å². The maximum Gasteiger partial charge on any atom is 0.313 e. The van der Waals surface area contributed by atoms with E-state index in [9.17, 15) is 14.0 Å². The predicted octanol–water partition coefficient (Wildman–Crippen LogP) is 1.67. The number of carbonyl (C=O) groups is 2. The van der Waals surface area contributed by atoms with Gasteiger partial charge in [-0.05, 0) is 17.7 Å². The van der Waals surface area contributed by atoms with Crippen molar-refractivity contribution in [2.75, 3.05) is 7.11 Å². The van der Waals surface area contributed by atoms with Crippen LogP contribution in [0.3, 0.4) is 0 Å². The third-order valence-electron chi connectivity index (χ3n) is 2.07. The van der Waals surface area contributed by atoms with Crippen LogP contribution in [0.4, 0.5) is 4.39 Å². The molecular weight excluding hydrogens is 199 g/mol. The molecule has 0 fully saturated rings. The van der Waals surface area contributed by atoms with Crippen LogP contribution in [-0.2, 0) is 14.3 Å². The lowest BCUT2D eigenvalue weighted by Crippen LogP contribution is -2.14. The van der Waals surface area contributed by atoms with Crippen LogP contribution < -0.4 is 0 Å². The van der Waals surface area contributed by atoms with E-state index in [1.165, 1.54) is 25.3 Å². The van der Waals surface area contributed by atoms with Gasteiger partial charge in [0.05, 0.1) is 13.0 Å².